The van der Waals surface area contributed by atoms with E-state index in [4.69, 9.17) is 17.3 Å². The maximum absolute atomic E-state index is 12.7. The van der Waals surface area contributed by atoms with Crippen molar-refractivity contribution in [2.75, 3.05) is 18.8 Å². The Morgan fingerprint density at radius 2 is 1.95 bits per heavy atom. The number of halogens is 1. The van der Waals surface area contributed by atoms with Gasteiger partial charge in [0.15, 0.2) is 0 Å². The summed E-state index contributed by atoms with van der Waals surface area (Å²) in [5.41, 5.74) is 6.71. The Balaban J connectivity index is 2.28. The van der Waals surface area contributed by atoms with Gasteiger partial charge in [0.25, 0.3) is 0 Å². The van der Waals surface area contributed by atoms with Crippen LogP contribution in [-0.4, -0.2) is 37.0 Å². The zero-order valence-electron chi connectivity index (χ0n) is 12.2. The summed E-state index contributed by atoms with van der Waals surface area (Å²) in [6.07, 6.45) is 0.913. The molecule has 1 unspecified atom stereocenters. The fraction of sp³-hybridized carbons (Fsp3) is 0.571. The maximum Gasteiger partial charge on any atom is 0.243 e. The van der Waals surface area contributed by atoms with Crippen LogP contribution >= 0.6 is 11.6 Å². The van der Waals surface area contributed by atoms with E-state index in [2.05, 4.69) is 0 Å². The van der Waals surface area contributed by atoms with Crippen LogP contribution in [0.25, 0.3) is 0 Å². The lowest BCUT2D eigenvalue weighted by Gasteiger charge is -2.32. The zero-order chi connectivity index (χ0) is 15.8. The summed E-state index contributed by atoms with van der Waals surface area (Å²) in [5.74, 6) is 0.155. The van der Waals surface area contributed by atoms with Gasteiger partial charge in [-0.1, -0.05) is 11.6 Å². The molecule has 1 aliphatic heterocycles. The summed E-state index contributed by atoms with van der Waals surface area (Å²) in [5, 5.41) is 9.91. The predicted molar refractivity (Wildman–Crippen MR) is 83.8 cm³/mol. The Hall–Kier alpha value is -0.820. The van der Waals surface area contributed by atoms with Gasteiger partial charge >= 0.3 is 0 Å². The van der Waals surface area contributed by atoms with Crippen molar-refractivity contribution in [2.24, 2.45) is 5.92 Å². The van der Waals surface area contributed by atoms with Crippen LogP contribution in [0.4, 0.5) is 5.69 Å². The third-order valence-corrected chi connectivity index (χ3v) is 6.41. The van der Waals surface area contributed by atoms with E-state index in [-0.39, 0.29) is 10.8 Å². The van der Waals surface area contributed by atoms with Gasteiger partial charge in [0.2, 0.25) is 10.0 Å². The molecule has 0 saturated carbocycles. The molecule has 5 nitrogen and oxygen atoms in total. The van der Waals surface area contributed by atoms with Crippen molar-refractivity contribution in [1.29, 1.82) is 0 Å². The second-order valence-electron chi connectivity index (χ2n) is 5.60. The Bertz CT molecular complexity index is 623. The molecule has 1 atom stereocenters. The normalized spacial score (nSPS) is 19.6. The van der Waals surface area contributed by atoms with Gasteiger partial charge in [-0.2, -0.15) is 4.31 Å². The van der Waals surface area contributed by atoms with Gasteiger partial charge in [-0.3, -0.25) is 0 Å². The van der Waals surface area contributed by atoms with Crippen molar-refractivity contribution < 1.29 is 13.5 Å². The second-order valence-corrected chi connectivity index (χ2v) is 7.94. The van der Waals surface area contributed by atoms with Crippen LogP contribution in [0, 0.1) is 12.8 Å². The highest BCUT2D eigenvalue weighted by Gasteiger charge is 2.32. The number of aliphatic hydroxyl groups excluding tert-OH is 1. The molecular weight excluding hydrogens is 312 g/mol. The van der Waals surface area contributed by atoms with E-state index >= 15 is 0 Å². The molecule has 7 heteroatoms. The number of nitrogens with two attached hydrogens (primary N) is 1. The largest absolute Gasteiger partial charge is 0.398 e. The summed E-state index contributed by atoms with van der Waals surface area (Å²) in [4.78, 5) is 0.169. The van der Waals surface area contributed by atoms with Crippen LogP contribution in [0.3, 0.4) is 0 Å². The molecule has 1 aromatic rings. The van der Waals surface area contributed by atoms with Crippen LogP contribution < -0.4 is 5.73 Å². The molecule has 21 heavy (non-hydrogen) atoms. The molecule has 0 spiro atoms. The summed E-state index contributed by atoms with van der Waals surface area (Å²) in [7, 11) is -3.60. The highest BCUT2D eigenvalue weighted by molar-refractivity contribution is 7.89. The molecule has 0 bridgehead atoms. The third-order valence-electron chi connectivity index (χ3n) is 4.16. The Kier molecular flexibility index (Phi) is 4.82. The Labute approximate surface area is 130 Å². The smallest absolute Gasteiger partial charge is 0.243 e. The van der Waals surface area contributed by atoms with Crippen molar-refractivity contribution >= 4 is 27.3 Å². The van der Waals surface area contributed by atoms with Gasteiger partial charge in [-0.15, -0.1) is 0 Å². The maximum atomic E-state index is 12.7. The van der Waals surface area contributed by atoms with Crippen molar-refractivity contribution in [3.8, 4) is 0 Å². The molecule has 0 amide bonds. The van der Waals surface area contributed by atoms with Crippen LogP contribution in [0.15, 0.2) is 17.0 Å². The molecule has 1 aliphatic rings. The van der Waals surface area contributed by atoms with E-state index in [1.807, 2.05) is 0 Å². The molecule has 118 valence electrons. The highest BCUT2D eigenvalue weighted by atomic mass is 35.5. The third kappa shape index (κ3) is 3.34. The summed E-state index contributed by atoms with van der Waals surface area (Å²) < 4.78 is 26.9. The van der Waals surface area contributed by atoms with E-state index in [0.29, 0.717) is 42.2 Å². The molecular formula is C14H21ClN2O3S. The highest BCUT2D eigenvalue weighted by Crippen LogP contribution is 2.31. The van der Waals surface area contributed by atoms with E-state index in [1.165, 1.54) is 10.4 Å². The number of rotatable bonds is 3. The number of piperidine rings is 1. The number of benzene rings is 1. The minimum Gasteiger partial charge on any atom is -0.398 e. The average Bonchev–Trinajstić information content (AvgIpc) is 2.42. The predicted octanol–water partition coefficient (Wildman–Crippen LogP) is 2.01. The first kappa shape index (κ1) is 16.5. The van der Waals surface area contributed by atoms with E-state index in [1.54, 1.807) is 19.9 Å². The minimum atomic E-state index is -3.60. The number of hydrogen-bond acceptors (Lipinski definition) is 4. The first-order valence-corrected chi connectivity index (χ1v) is 8.79. The molecule has 3 N–H and O–H groups in total. The molecule has 1 heterocycles. The SMILES string of the molecule is Cc1c(N)cc(Cl)cc1S(=O)(=O)N1CCC(C(C)O)CC1. The average molecular weight is 333 g/mol. The number of anilines is 1. The van der Waals surface area contributed by atoms with E-state index in [0.717, 1.165) is 0 Å². The van der Waals surface area contributed by atoms with Crippen LogP contribution in [0.5, 0.6) is 0 Å². The number of hydrogen-bond donors (Lipinski definition) is 2. The van der Waals surface area contributed by atoms with Crippen LogP contribution in [-0.2, 0) is 10.0 Å². The standard InChI is InChI=1S/C14H21ClN2O3S/c1-9-13(16)7-12(15)8-14(9)21(19,20)17-5-3-11(4-6-17)10(2)18/h7-8,10-11,18H,3-6,16H2,1-2H3. The van der Waals surface area contributed by atoms with Crippen LogP contribution in [0.2, 0.25) is 5.02 Å². The van der Waals surface area contributed by atoms with Crippen molar-refractivity contribution in [2.45, 2.75) is 37.7 Å². The summed E-state index contributed by atoms with van der Waals surface area (Å²) in [6, 6.07) is 3.00. The lowest BCUT2D eigenvalue weighted by molar-refractivity contribution is 0.0912. The molecule has 1 fully saturated rings. The van der Waals surface area contributed by atoms with E-state index < -0.39 is 16.1 Å². The fourth-order valence-corrected chi connectivity index (χ4v) is 4.72. The topological polar surface area (TPSA) is 83.6 Å². The number of aliphatic hydroxyl groups is 1. The molecule has 0 aliphatic carbocycles. The lowest BCUT2D eigenvalue weighted by atomic mass is 9.93. The van der Waals surface area contributed by atoms with Gasteiger partial charge in [0.1, 0.15) is 0 Å². The van der Waals surface area contributed by atoms with Crippen molar-refractivity contribution in [3.63, 3.8) is 0 Å². The van der Waals surface area contributed by atoms with Gasteiger partial charge < -0.3 is 10.8 Å². The van der Waals surface area contributed by atoms with Crippen molar-refractivity contribution in [1.82, 2.24) is 4.31 Å². The minimum absolute atomic E-state index is 0.155. The Morgan fingerprint density at radius 1 is 1.38 bits per heavy atom. The zero-order valence-corrected chi connectivity index (χ0v) is 13.8. The van der Waals surface area contributed by atoms with E-state index in [9.17, 15) is 13.5 Å². The van der Waals surface area contributed by atoms with Gasteiger partial charge in [0.05, 0.1) is 11.0 Å². The lowest BCUT2D eigenvalue weighted by Crippen LogP contribution is -2.40. The first-order valence-electron chi connectivity index (χ1n) is 6.97. The van der Waals surface area contributed by atoms with Gasteiger partial charge in [-0.05, 0) is 50.3 Å². The molecule has 0 aromatic heterocycles. The van der Waals surface area contributed by atoms with Crippen molar-refractivity contribution in [3.05, 3.63) is 22.7 Å². The molecule has 1 saturated heterocycles. The fourth-order valence-electron chi connectivity index (χ4n) is 2.68. The molecule has 0 radical (unpaired) electrons. The second kappa shape index (κ2) is 6.12. The number of sulfonamides is 1. The van der Waals surface area contributed by atoms with Gasteiger partial charge in [0, 0.05) is 23.8 Å². The van der Waals surface area contributed by atoms with Gasteiger partial charge in [-0.25, -0.2) is 8.42 Å². The monoisotopic (exact) mass is 332 g/mol. The summed E-state index contributed by atoms with van der Waals surface area (Å²) >= 11 is 5.94. The molecule has 2 rings (SSSR count). The Morgan fingerprint density at radius 3 is 2.48 bits per heavy atom. The quantitative estimate of drug-likeness (QED) is 0.829. The number of nitrogens with zero attached hydrogens (tertiary/aromatic N) is 1. The first-order chi connectivity index (χ1) is 9.73. The molecule has 1 aromatic carbocycles. The summed E-state index contributed by atoms with van der Waals surface area (Å²) in [6.45, 7) is 4.24. The van der Waals surface area contributed by atoms with Crippen LogP contribution in [0.1, 0.15) is 25.3 Å². The number of nitrogen functional groups attached to an aromatic ring is 1.